The maximum absolute atomic E-state index is 13.0. The Morgan fingerprint density at radius 2 is 1.67 bits per heavy atom. The molecule has 8 heteroatoms. The third-order valence-electron chi connectivity index (χ3n) is 4.61. The zero-order valence-electron chi connectivity index (χ0n) is 16.7. The van der Waals surface area contributed by atoms with Gasteiger partial charge in [0, 0.05) is 18.4 Å². The smallest absolute Gasteiger partial charge is 0.373 e. The van der Waals surface area contributed by atoms with Gasteiger partial charge < -0.3 is 9.30 Å². The fraction of sp³-hybridized carbons (Fsp3) is 0.227. The molecule has 0 aliphatic carbocycles. The van der Waals surface area contributed by atoms with Crippen molar-refractivity contribution >= 4 is 32.8 Å². The summed E-state index contributed by atoms with van der Waals surface area (Å²) in [5.41, 5.74) is 2.05. The molecule has 2 heterocycles. The average Bonchev–Trinajstić information content (AvgIpc) is 3.36. The van der Waals surface area contributed by atoms with Crippen molar-refractivity contribution in [1.29, 1.82) is 0 Å². The average molecular weight is 426 g/mol. The largest absolute Gasteiger partial charge is 0.491 e. The summed E-state index contributed by atoms with van der Waals surface area (Å²) in [5, 5.41) is 1.14. The number of fused-ring (bicyclic) bond motifs is 1. The molecule has 0 saturated carbocycles. The molecule has 1 aliphatic rings. The molecule has 1 aromatic heterocycles. The highest BCUT2D eigenvalue weighted by Gasteiger charge is 2.29. The van der Waals surface area contributed by atoms with E-state index in [-0.39, 0.29) is 17.2 Å². The Labute approximate surface area is 175 Å². The van der Waals surface area contributed by atoms with Gasteiger partial charge in [0.2, 0.25) is 10.0 Å². The van der Waals surface area contributed by atoms with E-state index < -0.39 is 10.0 Å². The van der Waals surface area contributed by atoms with Gasteiger partial charge in [-0.05, 0) is 61.7 Å². The minimum absolute atomic E-state index is 0.0502. The summed E-state index contributed by atoms with van der Waals surface area (Å²) in [4.78, 5) is 16.5. The molecule has 0 bridgehead atoms. The van der Waals surface area contributed by atoms with E-state index >= 15 is 0 Å². The summed E-state index contributed by atoms with van der Waals surface area (Å²) in [6.07, 6.45) is 4.26. The standard InChI is InChI=1S/C21H22N2O3S.CO2/c1-16(2)26-19-7-9-20(10-8-19)27(24,25)22-13-12-18(15-22)23-14-11-17-5-3-4-6-21(17)23;2-1-3/h3-12,14,16H,13,15H2,1-2H3;. The van der Waals surface area contributed by atoms with Gasteiger partial charge in [0.15, 0.2) is 0 Å². The number of carbonyl (C=O) groups excluding carboxylic acids is 2. The number of ether oxygens (including phenoxy) is 1. The van der Waals surface area contributed by atoms with Crippen molar-refractivity contribution in [2.24, 2.45) is 0 Å². The second kappa shape index (κ2) is 9.09. The lowest BCUT2D eigenvalue weighted by atomic mass is 10.2. The van der Waals surface area contributed by atoms with Crippen LogP contribution in [0.1, 0.15) is 13.8 Å². The van der Waals surface area contributed by atoms with Crippen molar-refractivity contribution in [1.82, 2.24) is 8.87 Å². The van der Waals surface area contributed by atoms with E-state index in [0.717, 1.165) is 16.6 Å². The van der Waals surface area contributed by atoms with Crippen LogP contribution in [0, 0.1) is 0 Å². The lowest BCUT2D eigenvalue weighted by Gasteiger charge is -2.17. The van der Waals surface area contributed by atoms with Crippen molar-refractivity contribution in [3.8, 4) is 5.75 Å². The fourth-order valence-corrected chi connectivity index (χ4v) is 4.67. The van der Waals surface area contributed by atoms with Crippen LogP contribution in [-0.4, -0.2) is 42.6 Å². The van der Waals surface area contributed by atoms with Gasteiger partial charge in [-0.25, -0.2) is 8.42 Å². The SMILES string of the molecule is CC(C)Oc1ccc(S(=O)(=O)N2CC=C(n3ccc4ccccc43)C2)cc1.O=C=O. The van der Waals surface area contributed by atoms with Crippen LogP contribution in [0.4, 0.5) is 0 Å². The predicted molar refractivity (Wildman–Crippen MR) is 112 cm³/mol. The van der Waals surface area contributed by atoms with E-state index in [9.17, 15) is 8.42 Å². The molecule has 1 aliphatic heterocycles. The van der Waals surface area contributed by atoms with Crippen molar-refractivity contribution in [2.45, 2.75) is 24.8 Å². The maximum Gasteiger partial charge on any atom is 0.373 e. The van der Waals surface area contributed by atoms with Crippen molar-refractivity contribution in [3.05, 3.63) is 66.9 Å². The fourth-order valence-electron chi connectivity index (χ4n) is 3.32. The van der Waals surface area contributed by atoms with Crippen molar-refractivity contribution < 1.29 is 22.7 Å². The summed E-state index contributed by atoms with van der Waals surface area (Å²) < 4.78 is 35.1. The second-order valence-corrected chi connectivity index (χ2v) is 8.90. The lowest BCUT2D eigenvalue weighted by molar-refractivity contribution is -0.191. The second-order valence-electron chi connectivity index (χ2n) is 6.96. The van der Waals surface area contributed by atoms with Crippen LogP contribution in [-0.2, 0) is 19.6 Å². The van der Waals surface area contributed by atoms with Gasteiger partial charge in [-0.2, -0.15) is 13.9 Å². The molecule has 7 nitrogen and oxygen atoms in total. The number of para-hydroxylation sites is 1. The highest BCUT2D eigenvalue weighted by molar-refractivity contribution is 7.89. The molecule has 0 fully saturated rings. The van der Waals surface area contributed by atoms with Crippen LogP contribution in [0.5, 0.6) is 5.75 Å². The summed E-state index contributed by atoms with van der Waals surface area (Å²) in [5.74, 6) is 0.669. The Hall–Kier alpha value is -3.19. The minimum Gasteiger partial charge on any atom is -0.491 e. The van der Waals surface area contributed by atoms with E-state index in [2.05, 4.69) is 10.6 Å². The van der Waals surface area contributed by atoms with Crippen molar-refractivity contribution in [2.75, 3.05) is 13.1 Å². The van der Waals surface area contributed by atoms with E-state index in [0.29, 0.717) is 18.8 Å². The number of rotatable bonds is 5. The van der Waals surface area contributed by atoms with Gasteiger partial charge in [0.25, 0.3) is 0 Å². The first-order valence-electron chi connectivity index (χ1n) is 9.38. The first-order valence-corrected chi connectivity index (χ1v) is 10.8. The lowest BCUT2D eigenvalue weighted by Crippen LogP contribution is -2.29. The molecule has 0 unspecified atom stereocenters. The highest BCUT2D eigenvalue weighted by Crippen LogP contribution is 2.27. The number of aromatic nitrogens is 1. The third-order valence-corrected chi connectivity index (χ3v) is 6.44. The Balaban J connectivity index is 0.000000806. The van der Waals surface area contributed by atoms with E-state index in [1.165, 1.54) is 4.31 Å². The Bertz CT molecular complexity index is 1190. The summed E-state index contributed by atoms with van der Waals surface area (Å²) in [6, 6.07) is 16.8. The summed E-state index contributed by atoms with van der Waals surface area (Å²) in [6.45, 7) is 4.60. The molecule has 0 radical (unpaired) electrons. The molecule has 3 aromatic rings. The number of nitrogens with zero attached hydrogens (tertiary/aromatic N) is 2. The van der Waals surface area contributed by atoms with E-state index in [1.54, 1.807) is 24.3 Å². The van der Waals surface area contributed by atoms with E-state index in [4.69, 9.17) is 14.3 Å². The molecule has 0 amide bonds. The Kier molecular flexibility index (Phi) is 6.52. The van der Waals surface area contributed by atoms with Gasteiger partial charge in [-0.3, -0.25) is 0 Å². The monoisotopic (exact) mass is 426 g/mol. The third kappa shape index (κ3) is 4.52. The van der Waals surface area contributed by atoms with Crippen LogP contribution in [0.15, 0.2) is 71.8 Å². The topological polar surface area (TPSA) is 85.7 Å². The zero-order valence-corrected chi connectivity index (χ0v) is 17.5. The highest BCUT2D eigenvalue weighted by atomic mass is 32.2. The maximum atomic E-state index is 13.0. The normalized spacial score (nSPS) is 14.2. The Morgan fingerprint density at radius 1 is 1.00 bits per heavy atom. The van der Waals surface area contributed by atoms with Gasteiger partial charge in [-0.15, -0.1) is 0 Å². The van der Waals surface area contributed by atoms with Crippen LogP contribution in [0.2, 0.25) is 0 Å². The first-order chi connectivity index (χ1) is 14.4. The quantitative estimate of drug-likeness (QED) is 0.624. The van der Waals surface area contributed by atoms with Gasteiger partial charge in [-0.1, -0.05) is 18.2 Å². The number of hydrogen-bond donors (Lipinski definition) is 0. The van der Waals surface area contributed by atoms with Gasteiger partial charge >= 0.3 is 6.15 Å². The predicted octanol–water partition coefficient (Wildman–Crippen LogP) is 3.39. The summed E-state index contributed by atoms with van der Waals surface area (Å²) >= 11 is 0. The van der Waals surface area contributed by atoms with Crippen LogP contribution < -0.4 is 4.74 Å². The molecular weight excluding hydrogens is 404 g/mol. The van der Waals surface area contributed by atoms with Gasteiger partial charge in [0.1, 0.15) is 5.75 Å². The number of benzene rings is 2. The molecule has 30 heavy (non-hydrogen) atoms. The Morgan fingerprint density at radius 3 is 2.33 bits per heavy atom. The molecule has 0 spiro atoms. The number of sulfonamides is 1. The molecule has 0 saturated heterocycles. The molecule has 0 N–H and O–H groups in total. The molecule has 156 valence electrons. The zero-order chi connectivity index (χ0) is 21.7. The van der Waals surface area contributed by atoms with Crippen LogP contribution >= 0.6 is 0 Å². The number of hydrogen-bond acceptors (Lipinski definition) is 5. The van der Waals surface area contributed by atoms with E-state index in [1.807, 2.05) is 50.4 Å². The molecule has 0 atom stereocenters. The first kappa shape index (κ1) is 21.5. The van der Waals surface area contributed by atoms with Crippen LogP contribution in [0.25, 0.3) is 16.6 Å². The summed E-state index contributed by atoms with van der Waals surface area (Å²) in [7, 11) is -3.55. The molecule has 2 aromatic carbocycles. The molecule has 4 rings (SSSR count). The van der Waals surface area contributed by atoms with Crippen molar-refractivity contribution in [3.63, 3.8) is 0 Å². The molecular formula is C22H22N2O5S. The minimum atomic E-state index is -3.55. The van der Waals surface area contributed by atoms with Gasteiger partial charge in [0.05, 0.1) is 23.1 Å². The van der Waals surface area contributed by atoms with Crippen LogP contribution in [0.3, 0.4) is 0 Å².